The predicted molar refractivity (Wildman–Crippen MR) is 99.2 cm³/mol. The van der Waals surface area contributed by atoms with Crippen molar-refractivity contribution in [3.8, 4) is 0 Å². The summed E-state index contributed by atoms with van der Waals surface area (Å²) < 4.78 is 27.7. The van der Waals surface area contributed by atoms with Gasteiger partial charge in [-0.25, -0.2) is 12.7 Å². The van der Waals surface area contributed by atoms with Crippen LogP contribution in [0.1, 0.15) is 25.3 Å². The highest BCUT2D eigenvalue weighted by atomic mass is 32.2. The van der Waals surface area contributed by atoms with Crippen molar-refractivity contribution in [1.82, 2.24) is 5.32 Å². The SMILES string of the molecule is CNCCC[C@]1(C)Cc2ccccc2N(c2ccccc2)S1(=O)=O. The minimum absolute atomic E-state index is 0.554. The van der Waals surface area contributed by atoms with Crippen molar-refractivity contribution in [2.45, 2.75) is 30.9 Å². The van der Waals surface area contributed by atoms with Crippen LogP contribution in [0.3, 0.4) is 0 Å². The number of nitrogens with one attached hydrogen (secondary N) is 1. The number of sulfonamides is 1. The molecule has 1 aliphatic heterocycles. The topological polar surface area (TPSA) is 49.4 Å². The second kappa shape index (κ2) is 6.57. The molecule has 4 nitrogen and oxygen atoms in total. The highest BCUT2D eigenvalue weighted by Gasteiger charge is 2.48. The second-order valence-corrected chi connectivity index (χ2v) is 8.87. The number of rotatable bonds is 5. The van der Waals surface area contributed by atoms with Crippen molar-refractivity contribution in [1.29, 1.82) is 0 Å². The molecule has 0 saturated carbocycles. The molecular weight excluding hydrogens is 320 g/mol. The van der Waals surface area contributed by atoms with Crippen LogP contribution in [-0.4, -0.2) is 26.8 Å². The number of benzene rings is 2. The lowest BCUT2D eigenvalue weighted by molar-refractivity contribution is 0.479. The summed E-state index contributed by atoms with van der Waals surface area (Å²) in [5.74, 6) is 0. The van der Waals surface area contributed by atoms with Crippen molar-refractivity contribution in [3.05, 3.63) is 60.2 Å². The van der Waals surface area contributed by atoms with Crippen LogP contribution in [0, 0.1) is 0 Å². The molecule has 5 heteroatoms. The highest BCUT2D eigenvalue weighted by molar-refractivity contribution is 7.94. The molecule has 2 aromatic rings. The molecule has 1 heterocycles. The van der Waals surface area contributed by atoms with E-state index >= 15 is 0 Å². The minimum Gasteiger partial charge on any atom is -0.320 e. The van der Waals surface area contributed by atoms with Crippen LogP contribution >= 0.6 is 0 Å². The molecule has 0 aromatic heterocycles. The molecule has 0 spiro atoms. The Hall–Kier alpha value is -1.85. The van der Waals surface area contributed by atoms with Crippen molar-refractivity contribution < 1.29 is 8.42 Å². The molecule has 0 radical (unpaired) electrons. The highest BCUT2D eigenvalue weighted by Crippen LogP contribution is 2.44. The molecule has 1 atom stereocenters. The summed E-state index contributed by atoms with van der Waals surface area (Å²) >= 11 is 0. The number of anilines is 2. The van der Waals surface area contributed by atoms with Gasteiger partial charge in [0.1, 0.15) is 0 Å². The first-order chi connectivity index (χ1) is 11.5. The summed E-state index contributed by atoms with van der Waals surface area (Å²) in [6.07, 6.45) is 2.02. The van der Waals surface area contributed by atoms with Crippen molar-refractivity contribution >= 4 is 21.4 Å². The summed E-state index contributed by atoms with van der Waals surface area (Å²) in [5, 5.41) is 3.11. The lowest BCUT2D eigenvalue weighted by Crippen LogP contribution is -2.50. The van der Waals surface area contributed by atoms with Crippen molar-refractivity contribution in [2.24, 2.45) is 0 Å². The van der Waals surface area contributed by atoms with E-state index in [1.807, 2.05) is 68.6 Å². The fourth-order valence-electron chi connectivity index (χ4n) is 3.40. The minimum atomic E-state index is -3.51. The molecule has 0 amide bonds. The number of hydrogen-bond donors (Lipinski definition) is 1. The van der Waals surface area contributed by atoms with E-state index in [9.17, 15) is 8.42 Å². The van der Waals surface area contributed by atoms with Gasteiger partial charge in [-0.1, -0.05) is 36.4 Å². The van der Waals surface area contributed by atoms with Crippen LogP contribution in [-0.2, 0) is 16.4 Å². The van der Waals surface area contributed by atoms with E-state index in [0.29, 0.717) is 18.5 Å². The van der Waals surface area contributed by atoms with Crippen LogP contribution in [0.15, 0.2) is 54.6 Å². The van der Waals surface area contributed by atoms with Gasteiger partial charge in [-0.3, -0.25) is 0 Å². The second-order valence-electron chi connectivity index (χ2n) is 6.57. The van der Waals surface area contributed by atoms with Crippen LogP contribution < -0.4 is 9.62 Å². The molecule has 0 bridgehead atoms. The lowest BCUT2D eigenvalue weighted by Gasteiger charge is -2.42. The molecule has 2 aromatic carbocycles. The predicted octanol–water partition coefficient (Wildman–Crippen LogP) is 3.47. The third-order valence-corrected chi connectivity index (χ3v) is 7.24. The molecule has 0 fully saturated rings. The summed E-state index contributed by atoms with van der Waals surface area (Å²) in [7, 11) is -1.61. The van der Waals surface area contributed by atoms with Gasteiger partial charge in [0.05, 0.1) is 16.1 Å². The monoisotopic (exact) mass is 344 g/mol. The Morgan fingerprint density at radius 3 is 2.46 bits per heavy atom. The Kier molecular flexibility index (Phi) is 4.65. The summed E-state index contributed by atoms with van der Waals surface area (Å²) in [4.78, 5) is 0. The van der Waals surface area contributed by atoms with Crippen LogP contribution in [0.25, 0.3) is 0 Å². The smallest absolute Gasteiger partial charge is 0.245 e. The first-order valence-corrected chi connectivity index (χ1v) is 9.76. The van der Waals surface area contributed by atoms with E-state index < -0.39 is 14.8 Å². The molecule has 128 valence electrons. The average Bonchev–Trinajstić information content (AvgIpc) is 2.57. The largest absolute Gasteiger partial charge is 0.320 e. The average molecular weight is 344 g/mol. The molecule has 24 heavy (non-hydrogen) atoms. The molecule has 0 saturated heterocycles. The zero-order chi connectivity index (χ0) is 17.2. The fourth-order valence-corrected chi connectivity index (χ4v) is 5.42. The third kappa shape index (κ3) is 2.82. The number of fused-ring (bicyclic) bond motifs is 1. The first-order valence-electron chi connectivity index (χ1n) is 8.32. The zero-order valence-electron chi connectivity index (χ0n) is 14.2. The quantitative estimate of drug-likeness (QED) is 0.845. The molecular formula is C19H24N2O2S. The van der Waals surface area contributed by atoms with Crippen LogP contribution in [0.4, 0.5) is 11.4 Å². The van der Waals surface area contributed by atoms with Crippen LogP contribution in [0.2, 0.25) is 0 Å². The van der Waals surface area contributed by atoms with Gasteiger partial charge in [0, 0.05) is 0 Å². The van der Waals surface area contributed by atoms with Gasteiger partial charge in [0.25, 0.3) is 0 Å². The summed E-state index contributed by atoms with van der Waals surface area (Å²) in [5.41, 5.74) is 2.56. The third-order valence-electron chi connectivity index (χ3n) is 4.76. The maximum atomic E-state index is 13.5. The van der Waals surface area contributed by atoms with Gasteiger partial charge in [-0.05, 0) is 63.5 Å². The number of hydrogen-bond acceptors (Lipinski definition) is 3. The molecule has 1 aliphatic rings. The van der Waals surface area contributed by atoms with E-state index in [0.717, 1.165) is 24.2 Å². The molecule has 1 N–H and O–H groups in total. The van der Waals surface area contributed by atoms with Crippen LogP contribution in [0.5, 0.6) is 0 Å². The zero-order valence-corrected chi connectivity index (χ0v) is 15.0. The van der Waals surface area contributed by atoms with E-state index in [1.165, 1.54) is 4.31 Å². The maximum absolute atomic E-state index is 13.5. The number of para-hydroxylation sites is 2. The van der Waals surface area contributed by atoms with Gasteiger partial charge in [0.2, 0.25) is 10.0 Å². The van der Waals surface area contributed by atoms with Gasteiger partial charge < -0.3 is 5.32 Å². The van der Waals surface area contributed by atoms with E-state index in [4.69, 9.17) is 0 Å². The van der Waals surface area contributed by atoms with E-state index in [2.05, 4.69) is 5.32 Å². The number of nitrogens with zero attached hydrogens (tertiary/aromatic N) is 1. The molecule has 3 rings (SSSR count). The normalized spacial score (nSPS) is 22.2. The summed E-state index contributed by atoms with van der Waals surface area (Å²) in [6.45, 7) is 2.70. The van der Waals surface area contributed by atoms with Crippen molar-refractivity contribution in [2.75, 3.05) is 17.9 Å². The van der Waals surface area contributed by atoms with Gasteiger partial charge in [-0.2, -0.15) is 0 Å². The first kappa shape index (κ1) is 17.0. The van der Waals surface area contributed by atoms with E-state index in [1.54, 1.807) is 0 Å². The Bertz CT molecular complexity index is 805. The molecule has 0 aliphatic carbocycles. The van der Waals surface area contributed by atoms with Gasteiger partial charge >= 0.3 is 0 Å². The Morgan fingerprint density at radius 2 is 1.75 bits per heavy atom. The standard InChI is InChI=1S/C19H24N2O2S/c1-19(13-8-14-20-2)15-16-9-6-7-12-18(16)21(24(19,22)23)17-10-4-3-5-11-17/h3-7,9-12,20H,8,13-15H2,1-2H3/t19-/m1/s1. The summed E-state index contributed by atoms with van der Waals surface area (Å²) in [6, 6.07) is 17.2. The van der Waals surface area contributed by atoms with Gasteiger partial charge in [-0.15, -0.1) is 0 Å². The Morgan fingerprint density at radius 1 is 1.08 bits per heavy atom. The van der Waals surface area contributed by atoms with E-state index in [-0.39, 0.29) is 0 Å². The fraction of sp³-hybridized carbons (Fsp3) is 0.368. The van der Waals surface area contributed by atoms with Gasteiger partial charge in [0.15, 0.2) is 0 Å². The maximum Gasteiger partial charge on any atom is 0.245 e. The Balaban J connectivity index is 2.12. The van der Waals surface area contributed by atoms with Crippen molar-refractivity contribution in [3.63, 3.8) is 0 Å². The lowest BCUT2D eigenvalue weighted by atomic mass is 9.94. The molecule has 0 unspecified atom stereocenters. The Labute approximate surface area is 144 Å².